The number of aromatic nitrogens is 2. The number of aliphatic hydroxyl groups is 1. The Morgan fingerprint density at radius 1 is 0.679 bits per heavy atom. The Morgan fingerprint density at radius 2 is 1.26 bits per heavy atom. The lowest BCUT2D eigenvalue weighted by molar-refractivity contribution is 0.282. The Balaban J connectivity index is 0.00000124. The van der Waals surface area contributed by atoms with Crippen molar-refractivity contribution < 1.29 is 79.5 Å². The summed E-state index contributed by atoms with van der Waals surface area (Å²) >= 11 is 1.09. The zero-order chi connectivity index (χ0) is 59.9. The standard InChI is InChI=1S/C45H41N11O12S4.CH4O3S.O3S/c1-27-20-37(53-55-43-28(2)32(25-46)44-47-33-12-6-7-13-39(33)56(44)45(43)58)40(68-16-8-18-70(59,60)61)23-35(27)51-54-38-21-29(26-57)36(24-41(38)69-17-9-19-71(62,63)64)52-50-34-15-14-31(22-42(34)72(65,66)67)49-48-30-10-4-3-5-11-30;1-5(2,3)4;1-4(2)3/h3-7,10-15,20-24,57-58H,8-9,16-19,26H2,1-2H3,(H,59,60,61)(H,62,63,64)(H,65,66,67);1H3,(H,2,3,4);. The molecule has 0 radical (unpaired) electrons. The summed E-state index contributed by atoms with van der Waals surface area (Å²) in [6.45, 7) is 2.37. The van der Waals surface area contributed by atoms with Crippen molar-refractivity contribution >= 4 is 125 Å². The van der Waals surface area contributed by atoms with Gasteiger partial charge in [0, 0.05) is 22.1 Å². The Labute approximate surface area is 467 Å². The number of rotatable bonds is 20. The molecule has 6 N–H and O–H groups in total. The van der Waals surface area contributed by atoms with Crippen molar-refractivity contribution in [2.45, 2.75) is 43.1 Å². The summed E-state index contributed by atoms with van der Waals surface area (Å²) in [4.78, 5) is 4.20. The second kappa shape index (κ2) is 28.0. The van der Waals surface area contributed by atoms with Crippen molar-refractivity contribution in [3.63, 3.8) is 0 Å². The van der Waals surface area contributed by atoms with Gasteiger partial charge in [-0.25, -0.2) is 4.98 Å². The second-order valence-corrected chi connectivity index (χ2v) is 24.0. The number of para-hydroxylation sites is 2. The van der Waals surface area contributed by atoms with Crippen LogP contribution in [0, 0.1) is 25.2 Å². The third-order valence-electron chi connectivity index (χ3n) is 10.3. The Hall–Kier alpha value is -7.89. The molecular weight excluding hydrogens is 1190 g/mol. The van der Waals surface area contributed by atoms with Crippen LogP contribution in [0.15, 0.2) is 148 Å². The smallest absolute Gasteiger partial charge is 0.425 e. The number of benzene rings is 5. The van der Waals surface area contributed by atoms with E-state index in [0.717, 1.165) is 17.8 Å². The number of imidazole rings is 1. The fraction of sp³-hybridized carbons (Fsp3) is 0.217. The monoisotopic (exact) mass is 1230 g/mol. The van der Waals surface area contributed by atoms with E-state index in [1.54, 1.807) is 68.4 Å². The predicted molar refractivity (Wildman–Crippen MR) is 292 cm³/mol. The van der Waals surface area contributed by atoms with Gasteiger partial charge in [-0.05, 0) is 98.7 Å². The summed E-state index contributed by atoms with van der Waals surface area (Å²) in [5.74, 6) is -1.38. The van der Waals surface area contributed by atoms with Gasteiger partial charge in [0.2, 0.25) is 5.88 Å². The molecule has 29 nitrogen and oxygen atoms in total. The van der Waals surface area contributed by atoms with Crippen LogP contribution in [-0.4, -0.2) is 114 Å². The first-order valence-electron chi connectivity index (χ1n) is 22.6. The number of azo groups is 4. The molecule has 2 aromatic heterocycles. The molecule has 0 atom stereocenters. The van der Waals surface area contributed by atoms with E-state index in [2.05, 4.69) is 52.0 Å². The SMILES string of the molecule is CS(=O)(=O)O.Cc1cc(N=Nc2c(C)c(C#N)c3nc4ccccc4n3c2O)c(OCCCS(=O)(=O)O)cc1N=Nc1cc(CO)c(N=Nc2ccc(N=Nc3ccccc3)cc2S(=O)(=O)O)cc1SCCCS(=O)(=O)O.O=S(=O)=O. The first-order chi connectivity index (χ1) is 38.0. The summed E-state index contributed by atoms with van der Waals surface area (Å²) in [6, 6.07) is 27.2. The maximum atomic E-state index is 12.5. The molecule has 0 aliphatic heterocycles. The number of aryl methyl sites for hydroxylation is 1. The van der Waals surface area contributed by atoms with Gasteiger partial charge in [0.05, 0.1) is 70.4 Å². The average molecular weight is 1230 g/mol. The Morgan fingerprint density at radius 3 is 1.89 bits per heavy atom. The number of aromatic hydroxyl groups is 1. The van der Waals surface area contributed by atoms with Crippen LogP contribution < -0.4 is 4.74 Å². The van der Waals surface area contributed by atoms with Gasteiger partial charge in [0.15, 0.2) is 11.3 Å². The molecule has 5 aromatic carbocycles. The summed E-state index contributed by atoms with van der Waals surface area (Å²) < 4.78 is 158. The molecule has 2 heterocycles. The van der Waals surface area contributed by atoms with Crippen LogP contribution in [-0.2, 0) is 57.7 Å². The fourth-order valence-corrected chi connectivity index (χ4v) is 9.60. The number of ether oxygens (including phenoxy) is 1. The quantitative estimate of drug-likeness (QED) is 0.0179. The number of nitriles is 1. The lowest BCUT2D eigenvalue weighted by Gasteiger charge is -2.12. The van der Waals surface area contributed by atoms with Crippen LogP contribution in [0.2, 0.25) is 0 Å². The number of pyridine rings is 1. The normalized spacial score (nSPS) is 12.2. The summed E-state index contributed by atoms with van der Waals surface area (Å²) in [6.07, 6.45) is 0.581. The molecule has 7 rings (SSSR count). The molecule has 7 aromatic rings. The first kappa shape index (κ1) is 63.9. The van der Waals surface area contributed by atoms with Crippen LogP contribution in [0.25, 0.3) is 16.7 Å². The average Bonchev–Trinajstić information content (AvgIpc) is 3.80. The predicted octanol–water partition coefficient (Wildman–Crippen LogP) is 9.61. The van der Waals surface area contributed by atoms with Crippen LogP contribution in [0.1, 0.15) is 35.1 Å². The highest BCUT2D eigenvalue weighted by Gasteiger charge is 2.22. The van der Waals surface area contributed by atoms with Gasteiger partial charge in [-0.1, -0.05) is 30.3 Å². The molecule has 0 fully saturated rings. The minimum Gasteiger partial charge on any atom is -0.493 e. The fourth-order valence-electron chi connectivity index (χ4n) is 6.83. The zero-order valence-electron chi connectivity index (χ0n) is 42.1. The molecule has 0 amide bonds. The third-order valence-corrected chi connectivity index (χ3v) is 13.9. The molecule has 0 spiro atoms. The topological polar surface area (TPSA) is 458 Å². The zero-order valence-corrected chi connectivity index (χ0v) is 47.0. The van der Waals surface area contributed by atoms with E-state index in [4.69, 9.17) is 21.9 Å². The van der Waals surface area contributed by atoms with E-state index < -0.39 is 74.1 Å². The number of nitrogens with zero attached hydrogens (tertiary/aromatic N) is 11. The van der Waals surface area contributed by atoms with Gasteiger partial charge in [0.1, 0.15) is 33.7 Å². The number of hydrogen-bond donors (Lipinski definition) is 6. The van der Waals surface area contributed by atoms with Gasteiger partial charge >= 0.3 is 10.6 Å². The van der Waals surface area contributed by atoms with Crippen molar-refractivity contribution in [1.82, 2.24) is 9.38 Å². The third kappa shape index (κ3) is 19.7. The second-order valence-electron chi connectivity index (χ2n) is 16.4. The molecule has 0 aliphatic carbocycles. The molecular formula is C46H45N11O18S6. The molecule has 35 heteroatoms. The van der Waals surface area contributed by atoms with Crippen LogP contribution >= 0.6 is 11.8 Å². The summed E-state index contributed by atoms with van der Waals surface area (Å²) in [5, 5.41) is 66.0. The molecule has 81 heavy (non-hydrogen) atoms. The van der Waals surface area contributed by atoms with Crippen molar-refractivity contribution in [2.75, 3.05) is 30.1 Å². The van der Waals surface area contributed by atoms with E-state index in [9.17, 15) is 62.8 Å². The number of thioether (sulfide) groups is 1. The van der Waals surface area contributed by atoms with Crippen molar-refractivity contribution in [2.24, 2.45) is 40.9 Å². The lowest BCUT2D eigenvalue weighted by Crippen LogP contribution is -2.08. The van der Waals surface area contributed by atoms with Crippen LogP contribution in [0.4, 0.5) is 45.5 Å². The van der Waals surface area contributed by atoms with Crippen LogP contribution in [0.3, 0.4) is 0 Å². The van der Waals surface area contributed by atoms with E-state index in [-0.39, 0.29) is 99.0 Å². The van der Waals surface area contributed by atoms with E-state index in [1.165, 1.54) is 40.8 Å². The van der Waals surface area contributed by atoms with E-state index in [1.807, 2.05) is 0 Å². The van der Waals surface area contributed by atoms with Gasteiger partial charge in [-0.15, -0.1) is 44.8 Å². The van der Waals surface area contributed by atoms with Crippen molar-refractivity contribution in [3.05, 3.63) is 119 Å². The van der Waals surface area contributed by atoms with Crippen LogP contribution in [0.5, 0.6) is 11.6 Å². The Bertz CT molecular complexity index is 4240. The molecule has 0 saturated carbocycles. The Kier molecular flexibility index (Phi) is 22.1. The van der Waals surface area contributed by atoms with Gasteiger partial charge in [0.25, 0.3) is 40.5 Å². The molecule has 428 valence electrons. The highest BCUT2D eigenvalue weighted by molar-refractivity contribution is 7.99. The summed E-state index contributed by atoms with van der Waals surface area (Å²) in [5.41, 5.74) is 2.92. The molecule has 0 aliphatic rings. The maximum Gasteiger partial charge on any atom is 0.425 e. The number of aliphatic hydroxyl groups excluding tert-OH is 1. The largest absolute Gasteiger partial charge is 0.493 e. The van der Waals surface area contributed by atoms with Gasteiger partial charge in [-0.3, -0.25) is 22.6 Å². The molecule has 0 unspecified atom stereocenters. The minimum atomic E-state index is -4.87. The first-order valence-corrected chi connectivity index (χ1v) is 31.1. The van der Waals surface area contributed by atoms with E-state index in [0.29, 0.717) is 33.4 Å². The lowest BCUT2D eigenvalue weighted by atomic mass is 10.1. The summed E-state index contributed by atoms with van der Waals surface area (Å²) in [7, 11) is -20.3. The van der Waals surface area contributed by atoms with Crippen molar-refractivity contribution in [3.8, 4) is 17.7 Å². The van der Waals surface area contributed by atoms with Crippen molar-refractivity contribution in [1.29, 1.82) is 5.26 Å². The minimum absolute atomic E-state index is 0.000334. The molecule has 0 saturated heterocycles. The number of fused-ring (bicyclic) bond motifs is 3. The van der Waals surface area contributed by atoms with Gasteiger partial charge < -0.3 is 14.9 Å². The highest BCUT2D eigenvalue weighted by Crippen LogP contribution is 2.43. The highest BCUT2D eigenvalue weighted by atomic mass is 32.2. The van der Waals surface area contributed by atoms with Gasteiger partial charge in [-0.2, -0.15) is 59.4 Å². The number of hydrogen-bond acceptors (Lipinski definition) is 25. The molecule has 0 bridgehead atoms. The van der Waals surface area contributed by atoms with E-state index >= 15 is 0 Å². The maximum absolute atomic E-state index is 12.5.